The molecule has 0 saturated carbocycles. The predicted molar refractivity (Wildman–Crippen MR) is 125 cm³/mol. The smallest absolute Gasteiger partial charge is 0.165 e. The summed E-state index contributed by atoms with van der Waals surface area (Å²) in [5.74, 6) is 2.25. The Bertz CT molecular complexity index is 826. The van der Waals surface area contributed by atoms with Crippen molar-refractivity contribution in [3.63, 3.8) is 0 Å². The van der Waals surface area contributed by atoms with Crippen molar-refractivity contribution in [3.05, 3.63) is 53.6 Å². The van der Waals surface area contributed by atoms with Crippen molar-refractivity contribution in [2.75, 3.05) is 66.8 Å². The zero-order chi connectivity index (χ0) is 22.8. The lowest BCUT2D eigenvalue weighted by atomic mass is 10.1. The molecule has 1 N–H and O–H groups in total. The van der Waals surface area contributed by atoms with Crippen molar-refractivity contribution >= 4 is 0 Å². The van der Waals surface area contributed by atoms with Crippen LogP contribution in [0.15, 0.2) is 42.5 Å². The van der Waals surface area contributed by atoms with Crippen LogP contribution in [0.3, 0.4) is 0 Å². The fraction of sp³-hybridized carbons (Fsp3) is 0.520. The Morgan fingerprint density at radius 1 is 1.03 bits per heavy atom. The van der Waals surface area contributed by atoms with Crippen LogP contribution in [0.25, 0.3) is 0 Å². The van der Waals surface area contributed by atoms with E-state index in [1.807, 2.05) is 49.4 Å². The second-order valence-corrected chi connectivity index (χ2v) is 8.07. The minimum Gasteiger partial charge on any atom is -0.493 e. The van der Waals surface area contributed by atoms with E-state index >= 15 is 0 Å². The highest BCUT2D eigenvalue weighted by atomic mass is 16.5. The Labute approximate surface area is 191 Å². The lowest BCUT2D eigenvalue weighted by molar-refractivity contribution is 0.0254. The number of para-hydroxylation sites is 2. The summed E-state index contributed by atoms with van der Waals surface area (Å²) in [4.78, 5) is 4.65. The molecule has 2 aromatic rings. The second kappa shape index (κ2) is 12.6. The summed E-state index contributed by atoms with van der Waals surface area (Å²) < 4.78 is 22.4. The molecule has 0 spiro atoms. The van der Waals surface area contributed by atoms with Gasteiger partial charge in [0.15, 0.2) is 11.5 Å². The van der Waals surface area contributed by atoms with Crippen LogP contribution in [0, 0.1) is 6.92 Å². The van der Waals surface area contributed by atoms with E-state index in [-0.39, 0.29) is 6.61 Å². The third-order valence-corrected chi connectivity index (χ3v) is 5.71. The number of nitrogens with zero attached hydrogens (tertiary/aromatic N) is 2. The molecular formula is C25H36N2O5. The molecule has 0 radical (unpaired) electrons. The van der Waals surface area contributed by atoms with Crippen molar-refractivity contribution < 1.29 is 24.1 Å². The molecular weight excluding hydrogens is 408 g/mol. The zero-order valence-electron chi connectivity index (χ0n) is 19.5. The topological polar surface area (TPSA) is 63.6 Å². The highest BCUT2D eigenvalue weighted by Crippen LogP contribution is 2.31. The van der Waals surface area contributed by atoms with Crippen LogP contribution in [-0.2, 0) is 11.3 Å². The summed E-state index contributed by atoms with van der Waals surface area (Å²) in [6, 6.07) is 13.8. The van der Waals surface area contributed by atoms with Gasteiger partial charge in [0.1, 0.15) is 18.5 Å². The number of benzene rings is 2. The van der Waals surface area contributed by atoms with Gasteiger partial charge in [-0.3, -0.25) is 9.80 Å². The summed E-state index contributed by atoms with van der Waals surface area (Å²) in [5, 5.41) is 10.8. The van der Waals surface area contributed by atoms with Gasteiger partial charge in [0.25, 0.3) is 0 Å². The molecule has 7 nitrogen and oxygen atoms in total. The number of aliphatic hydroxyl groups is 1. The minimum atomic E-state index is -0.615. The monoisotopic (exact) mass is 444 g/mol. The van der Waals surface area contributed by atoms with E-state index in [1.165, 1.54) is 0 Å². The molecule has 7 heteroatoms. The molecule has 0 bridgehead atoms. The third-order valence-electron chi connectivity index (χ3n) is 5.71. The van der Waals surface area contributed by atoms with E-state index < -0.39 is 6.10 Å². The van der Waals surface area contributed by atoms with Gasteiger partial charge in [-0.25, -0.2) is 0 Å². The summed E-state index contributed by atoms with van der Waals surface area (Å²) >= 11 is 0. The standard InChI is InChI=1S/C25H36N2O5/c1-20-7-4-5-9-23(20)32-19-22(28)18-27(12-11-26-13-15-31-16-14-26)17-21-8-6-10-24(29-2)25(21)30-3/h4-10,22,28H,11-19H2,1-3H3. The number of morpholine rings is 1. The van der Waals surface area contributed by atoms with Crippen LogP contribution in [0.5, 0.6) is 17.2 Å². The normalized spacial score (nSPS) is 15.5. The summed E-state index contributed by atoms with van der Waals surface area (Å²) in [6.45, 7) is 8.56. The van der Waals surface area contributed by atoms with E-state index in [0.717, 1.165) is 62.0 Å². The molecule has 176 valence electrons. The zero-order valence-corrected chi connectivity index (χ0v) is 19.5. The highest BCUT2D eigenvalue weighted by molar-refractivity contribution is 5.46. The van der Waals surface area contributed by atoms with E-state index in [0.29, 0.717) is 18.8 Å². The average Bonchev–Trinajstić information content (AvgIpc) is 2.82. The van der Waals surface area contributed by atoms with Crippen molar-refractivity contribution in [2.45, 2.75) is 19.6 Å². The van der Waals surface area contributed by atoms with Gasteiger partial charge in [-0.15, -0.1) is 0 Å². The van der Waals surface area contributed by atoms with Gasteiger partial charge >= 0.3 is 0 Å². The molecule has 1 unspecified atom stereocenters. The van der Waals surface area contributed by atoms with Crippen molar-refractivity contribution in [1.29, 1.82) is 0 Å². The maximum atomic E-state index is 10.8. The van der Waals surface area contributed by atoms with Crippen LogP contribution in [0.4, 0.5) is 0 Å². The summed E-state index contributed by atoms with van der Waals surface area (Å²) in [5.41, 5.74) is 2.09. The lowest BCUT2D eigenvalue weighted by Gasteiger charge is -2.31. The molecule has 0 aromatic heterocycles. The fourth-order valence-electron chi connectivity index (χ4n) is 3.92. The molecule has 1 fully saturated rings. The Morgan fingerprint density at radius 2 is 1.78 bits per heavy atom. The first-order valence-corrected chi connectivity index (χ1v) is 11.2. The summed E-state index contributed by atoms with van der Waals surface area (Å²) in [6.07, 6.45) is -0.615. The number of methoxy groups -OCH3 is 2. The maximum absolute atomic E-state index is 10.8. The SMILES string of the molecule is COc1cccc(CN(CCN2CCOCC2)CC(O)COc2ccccc2C)c1OC. The molecule has 1 heterocycles. The second-order valence-electron chi connectivity index (χ2n) is 8.07. The van der Waals surface area contributed by atoms with Gasteiger partial charge in [-0.1, -0.05) is 30.3 Å². The number of hydrogen-bond donors (Lipinski definition) is 1. The lowest BCUT2D eigenvalue weighted by Crippen LogP contribution is -2.43. The Morgan fingerprint density at radius 3 is 2.50 bits per heavy atom. The van der Waals surface area contributed by atoms with E-state index in [1.54, 1.807) is 14.2 Å². The van der Waals surface area contributed by atoms with E-state index in [9.17, 15) is 5.11 Å². The highest BCUT2D eigenvalue weighted by Gasteiger charge is 2.19. The fourth-order valence-corrected chi connectivity index (χ4v) is 3.92. The first-order chi connectivity index (χ1) is 15.6. The Kier molecular flexibility index (Phi) is 9.62. The van der Waals surface area contributed by atoms with E-state index in [4.69, 9.17) is 18.9 Å². The molecule has 2 aromatic carbocycles. The van der Waals surface area contributed by atoms with Crippen LogP contribution >= 0.6 is 0 Å². The van der Waals surface area contributed by atoms with Crippen LogP contribution in [0.2, 0.25) is 0 Å². The van der Waals surface area contributed by atoms with Crippen LogP contribution < -0.4 is 14.2 Å². The average molecular weight is 445 g/mol. The van der Waals surface area contributed by atoms with Crippen molar-refractivity contribution in [2.24, 2.45) is 0 Å². The first kappa shape index (κ1) is 24.3. The van der Waals surface area contributed by atoms with Gasteiger partial charge in [0.05, 0.1) is 27.4 Å². The van der Waals surface area contributed by atoms with Crippen LogP contribution in [-0.4, -0.2) is 87.8 Å². The van der Waals surface area contributed by atoms with Gasteiger partial charge in [0, 0.05) is 44.8 Å². The van der Waals surface area contributed by atoms with Gasteiger partial charge in [0.2, 0.25) is 0 Å². The molecule has 3 rings (SSSR count). The number of ether oxygens (including phenoxy) is 4. The number of aryl methyl sites for hydroxylation is 1. The first-order valence-electron chi connectivity index (χ1n) is 11.2. The molecule has 1 aliphatic heterocycles. The third kappa shape index (κ3) is 7.10. The molecule has 32 heavy (non-hydrogen) atoms. The minimum absolute atomic E-state index is 0.244. The van der Waals surface area contributed by atoms with Gasteiger partial charge < -0.3 is 24.1 Å². The Balaban J connectivity index is 1.65. The largest absolute Gasteiger partial charge is 0.493 e. The molecule has 1 aliphatic rings. The maximum Gasteiger partial charge on any atom is 0.165 e. The Hall–Kier alpha value is -2.32. The number of rotatable bonds is 12. The molecule has 1 atom stereocenters. The molecule has 0 amide bonds. The van der Waals surface area contributed by atoms with Gasteiger partial charge in [-0.05, 0) is 24.6 Å². The van der Waals surface area contributed by atoms with Crippen LogP contribution in [0.1, 0.15) is 11.1 Å². The molecule has 1 saturated heterocycles. The van der Waals surface area contributed by atoms with Crippen molar-refractivity contribution in [1.82, 2.24) is 9.80 Å². The summed E-state index contributed by atoms with van der Waals surface area (Å²) in [7, 11) is 3.30. The van der Waals surface area contributed by atoms with Gasteiger partial charge in [-0.2, -0.15) is 0 Å². The number of aliphatic hydroxyl groups excluding tert-OH is 1. The van der Waals surface area contributed by atoms with E-state index in [2.05, 4.69) is 9.80 Å². The van der Waals surface area contributed by atoms with Crippen molar-refractivity contribution in [3.8, 4) is 17.2 Å². The number of hydrogen-bond acceptors (Lipinski definition) is 7. The molecule has 0 aliphatic carbocycles. The quantitative estimate of drug-likeness (QED) is 0.540. The predicted octanol–water partition coefficient (Wildman–Crippen LogP) is 2.59.